The molecule has 0 fully saturated rings. The van der Waals surface area contributed by atoms with Gasteiger partial charge in [0.15, 0.2) is 0 Å². The van der Waals surface area contributed by atoms with Gasteiger partial charge in [-0.1, -0.05) is 56.1 Å². The van der Waals surface area contributed by atoms with Gasteiger partial charge in [0.2, 0.25) is 11.7 Å². The third-order valence-corrected chi connectivity index (χ3v) is 3.25. The summed E-state index contributed by atoms with van der Waals surface area (Å²) < 4.78 is 5.25. The molecule has 102 valence electrons. The Morgan fingerprint density at radius 3 is 2.58 bits per heavy atom. The number of aromatic nitrogens is 2. The standard InChI is InChI=1S/C15H21N3O/c1-3-5-6-13(16)15-17-14(18-19-15)12-9-7-11(4-2)8-10-12/h7-10,13H,3-6,16H2,1-2H3. The van der Waals surface area contributed by atoms with E-state index in [1.807, 2.05) is 12.1 Å². The summed E-state index contributed by atoms with van der Waals surface area (Å²) in [6.45, 7) is 4.27. The van der Waals surface area contributed by atoms with Gasteiger partial charge in [-0.25, -0.2) is 0 Å². The Morgan fingerprint density at radius 2 is 1.95 bits per heavy atom. The number of rotatable bonds is 6. The quantitative estimate of drug-likeness (QED) is 0.862. The van der Waals surface area contributed by atoms with E-state index in [9.17, 15) is 0 Å². The van der Waals surface area contributed by atoms with Crippen LogP contribution in [0.2, 0.25) is 0 Å². The van der Waals surface area contributed by atoms with Crippen molar-refractivity contribution in [2.24, 2.45) is 5.73 Å². The molecule has 1 aromatic carbocycles. The molecule has 0 bridgehead atoms. The molecule has 2 N–H and O–H groups in total. The highest BCUT2D eigenvalue weighted by Crippen LogP contribution is 2.20. The Bertz CT molecular complexity index is 504. The van der Waals surface area contributed by atoms with E-state index in [0.29, 0.717) is 11.7 Å². The van der Waals surface area contributed by atoms with Gasteiger partial charge in [-0.15, -0.1) is 0 Å². The molecule has 2 rings (SSSR count). The van der Waals surface area contributed by atoms with Crippen molar-refractivity contribution in [3.8, 4) is 11.4 Å². The lowest BCUT2D eigenvalue weighted by Crippen LogP contribution is -2.10. The van der Waals surface area contributed by atoms with Gasteiger partial charge < -0.3 is 10.3 Å². The summed E-state index contributed by atoms with van der Waals surface area (Å²) in [5, 5.41) is 4.00. The maximum Gasteiger partial charge on any atom is 0.243 e. The molecule has 2 aromatic rings. The predicted octanol–water partition coefficient (Wildman–Crippen LogP) is 3.49. The zero-order valence-electron chi connectivity index (χ0n) is 11.6. The van der Waals surface area contributed by atoms with Gasteiger partial charge >= 0.3 is 0 Å². The predicted molar refractivity (Wildman–Crippen MR) is 75.6 cm³/mol. The van der Waals surface area contributed by atoms with Crippen molar-refractivity contribution in [1.29, 1.82) is 0 Å². The van der Waals surface area contributed by atoms with E-state index >= 15 is 0 Å². The molecule has 19 heavy (non-hydrogen) atoms. The first-order valence-corrected chi connectivity index (χ1v) is 6.93. The Kier molecular flexibility index (Phi) is 4.68. The van der Waals surface area contributed by atoms with Gasteiger partial charge in [-0.3, -0.25) is 0 Å². The molecule has 0 aliphatic heterocycles. The number of nitrogens with zero attached hydrogens (tertiary/aromatic N) is 2. The smallest absolute Gasteiger partial charge is 0.243 e. The molecule has 0 saturated heterocycles. The van der Waals surface area contributed by atoms with Crippen LogP contribution in [-0.2, 0) is 6.42 Å². The molecule has 1 heterocycles. The average molecular weight is 259 g/mol. The zero-order chi connectivity index (χ0) is 13.7. The molecule has 1 unspecified atom stereocenters. The van der Waals surface area contributed by atoms with Crippen molar-refractivity contribution in [2.75, 3.05) is 0 Å². The fraction of sp³-hybridized carbons (Fsp3) is 0.467. The van der Waals surface area contributed by atoms with Crippen molar-refractivity contribution in [2.45, 2.75) is 45.6 Å². The minimum Gasteiger partial charge on any atom is -0.337 e. The van der Waals surface area contributed by atoms with Crippen molar-refractivity contribution in [1.82, 2.24) is 10.1 Å². The summed E-state index contributed by atoms with van der Waals surface area (Å²) in [7, 11) is 0. The molecule has 0 aliphatic rings. The first-order chi connectivity index (χ1) is 9.24. The lowest BCUT2D eigenvalue weighted by Gasteiger charge is -2.03. The van der Waals surface area contributed by atoms with Crippen LogP contribution in [0, 0.1) is 0 Å². The van der Waals surface area contributed by atoms with Crippen molar-refractivity contribution in [3.63, 3.8) is 0 Å². The van der Waals surface area contributed by atoms with E-state index in [0.717, 1.165) is 31.2 Å². The molecule has 4 heteroatoms. The SMILES string of the molecule is CCCCC(N)c1nc(-c2ccc(CC)cc2)no1. The summed E-state index contributed by atoms with van der Waals surface area (Å²) in [6, 6.07) is 8.05. The Morgan fingerprint density at radius 1 is 1.21 bits per heavy atom. The fourth-order valence-electron chi connectivity index (χ4n) is 1.94. The summed E-state index contributed by atoms with van der Waals surface area (Å²) in [5.74, 6) is 1.15. The van der Waals surface area contributed by atoms with Gasteiger partial charge in [-0.2, -0.15) is 4.98 Å². The summed E-state index contributed by atoms with van der Waals surface area (Å²) in [6.07, 6.45) is 4.10. The van der Waals surface area contributed by atoms with E-state index in [-0.39, 0.29) is 6.04 Å². The number of unbranched alkanes of at least 4 members (excludes halogenated alkanes) is 1. The van der Waals surface area contributed by atoms with E-state index in [4.69, 9.17) is 10.3 Å². The van der Waals surface area contributed by atoms with Crippen LogP contribution in [-0.4, -0.2) is 10.1 Å². The highest BCUT2D eigenvalue weighted by molar-refractivity contribution is 5.54. The van der Waals surface area contributed by atoms with Crippen LogP contribution in [0.15, 0.2) is 28.8 Å². The third kappa shape index (κ3) is 3.41. The Balaban J connectivity index is 2.11. The first-order valence-electron chi connectivity index (χ1n) is 6.93. The van der Waals surface area contributed by atoms with Crippen LogP contribution in [0.4, 0.5) is 0 Å². The molecule has 0 saturated carbocycles. The second-order valence-corrected chi connectivity index (χ2v) is 4.76. The van der Waals surface area contributed by atoms with Crippen molar-refractivity contribution in [3.05, 3.63) is 35.7 Å². The number of benzene rings is 1. The minimum atomic E-state index is -0.156. The van der Waals surface area contributed by atoms with Crippen LogP contribution in [0.5, 0.6) is 0 Å². The monoisotopic (exact) mass is 259 g/mol. The minimum absolute atomic E-state index is 0.156. The molecule has 0 aliphatic carbocycles. The van der Waals surface area contributed by atoms with Gasteiger partial charge in [0.05, 0.1) is 6.04 Å². The fourth-order valence-corrected chi connectivity index (χ4v) is 1.94. The van der Waals surface area contributed by atoms with Gasteiger partial charge in [0, 0.05) is 5.56 Å². The number of hydrogen-bond donors (Lipinski definition) is 1. The number of hydrogen-bond acceptors (Lipinski definition) is 4. The van der Waals surface area contributed by atoms with E-state index < -0.39 is 0 Å². The molecular formula is C15H21N3O. The topological polar surface area (TPSA) is 64.9 Å². The van der Waals surface area contributed by atoms with Crippen LogP contribution < -0.4 is 5.73 Å². The Labute approximate surface area is 114 Å². The van der Waals surface area contributed by atoms with Crippen molar-refractivity contribution < 1.29 is 4.52 Å². The molecule has 0 amide bonds. The molecule has 1 aromatic heterocycles. The summed E-state index contributed by atoms with van der Waals surface area (Å²) >= 11 is 0. The lowest BCUT2D eigenvalue weighted by molar-refractivity contribution is 0.346. The van der Waals surface area contributed by atoms with Crippen LogP contribution in [0.1, 0.15) is 50.6 Å². The summed E-state index contributed by atoms with van der Waals surface area (Å²) in [5.41, 5.74) is 8.29. The zero-order valence-corrected chi connectivity index (χ0v) is 11.6. The molecule has 4 nitrogen and oxygen atoms in total. The van der Waals surface area contributed by atoms with E-state index in [2.05, 4.69) is 36.1 Å². The normalized spacial score (nSPS) is 12.6. The molecule has 1 atom stereocenters. The Hall–Kier alpha value is -1.68. The summed E-state index contributed by atoms with van der Waals surface area (Å²) in [4.78, 5) is 4.39. The lowest BCUT2D eigenvalue weighted by atomic mass is 10.1. The molecular weight excluding hydrogens is 238 g/mol. The van der Waals surface area contributed by atoms with Crippen LogP contribution in [0.25, 0.3) is 11.4 Å². The number of nitrogens with two attached hydrogens (primary N) is 1. The van der Waals surface area contributed by atoms with Gasteiger partial charge in [0.25, 0.3) is 0 Å². The molecule has 0 radical (unpaired) electrons. The second kappa shape index (κ2) is 6.48. The largest absolute Gasteiger partial charge is 0.337 e. The molecule has 0 spiro atoms. The highest BCUT2D eigenvalue weighted by atomic mass is 16.5. The van der Waals surface area contributed by atoms with E-state index in [1.165, 1.54) is 5.56 Å². The van der Waals surface area contributed by atoms with E-state index in [1.54, 1.807) is 0 Å². The second-order valence-electron chi connectivity index (χ2n) is 4.76. The van der Waals surface area contributed by atoms with Crippen LogP contribution in [0.3, 0.4) is 0 Å². The number of aryl methyl sites for hydroxylation is 1. The van der Waals surface area contributed by atoms with Gasteiger partial charge in [0.1, 0.15) is 0 Å². The average Bonchev–Trinajstić information content (AvgIpc) is 2.94. The first kappa shape index (κ1) is 13.7. The van der Waals surface area contributed by atoms with Gasteiger partial charge in [-0.05, 0) is 18.4 Å². The highest BCUT2D eigenvalue weighted by Gasteiger charge is 2.15. The maximum absolute atomic E-state index is 6.02. The van der Waals surface area contributed by atoms with Crippen LogP contribution >= 0.6 is 0 Å². The maximum atomic E-state index is 6.02. The van der Waals surface area contributed by atoms with Crippen molar-refractivity contribution >= 4 is 0 Å². The third-order valence-electron chi connectivity index (χ3n) is 3.25.